The van der Waals surface area contributed by atoms with Crippen LogP contribution < -0.4 is 19.1 Å². The van der Waals surface area contributed by atoms with Gasteiger partial charge in [0.2, 0.25) is 15.9 Å². The molecule has 0 bridgehead atoms. The molecule has 0 aliphatic heterocycles. The zero-order valence-electron chi connectivity index (χ0n) is 18.9. The molecule has 0 unspecified atom stereocenters. The molecule has 0 saturated heterocycles. The minimum Gasteiger partial charge on any atom is -0.492 e. The summed E-state index contributed by atoms with van der Waals surface area (Å²) in [6.07, 6.45) is 0.983. The summed E-state index contributed by atoms with van der Waals surface area (Å²) in [6.45, 7) is 1.55. The number of carbonyl (C=O) groups excluding carboxylic acids is 1. The van der Waals surface area contributed by atoms with E-state index in [1.165, 1.54) is 42.5 Å². The van der Waals surface area contributed by atoms with E-state index in [0.717, 1.165) is 22.7 Å². The fraction of sp³-hybridized carbons (Fsp3) is 0.174. The summed E-state index contributed by atoms with van der Waals surface area (Å²) in [5.74, 6) is -0.818. The molecule has 0 fully saturated rings. The highest BCUT2D eigenvalue weighted by Crippen LogP contribution is 2.30. The van der Waals surface area contributed by atoms with Crippen LogP contribution in [0.5, 0.6) is 5.75 Å². The Hall–Kier alpha value is -3.64. The van der Waals surface area contributed by atoms with Crippen LogP contribution in [0.4, 0.5) is 21.5 Å². The zero-order valence-corrected chi connectivity index (χ0v) is 20.6. The Bertz CT molecular complexity index is 1390. The van der Waals surface area contributed by atoms with Gasteiger partial charge in [0.1, 0.15) is 18.1 Å². The number of nitrogens with zero attached hydrogens (tertiary/aromatic N) is 1. The lowest BCUT2D eigenvalue weighted by atomic mass is 10.3. The van der Waals surface area contributed by atoms with Crippen molar-refractivity contribution in [3.63, 3.8) is 0 Å². The molecule has 186 valence electrons. The maximum atomic E-state index is 13.0. The predicted octanol–water partition coefficient (Wildman–Crippen LogP) is 3.43. The third kappa shape index (κ3) is 6.93. The van der Waals surface area contributed by atoms with Gasteiger partial charge in [-0.1, -0.05) is 12.1 Å². The predicted molar refractivity (Wildman–Crippen MR) is 132 cm³/mol. The molecule has 0 radical (unpaired) electrons. The monoisotopic (exact) mass is 521 g/mol. The Labute approximate surface area is 203 Å². The van der Waals surface area contributed by atoms with Crippen molar-refractivity contribution in [2.75, 3.05) is 33.8 Å². The quantitative estimate of drug-likeness (QED) is 0.422. The van der Waals surface area contributed by atoms with Crippen molar-refractivity contribution in [1.29, 1.82) is 0 Å². The first-order chi connectivity index (χ1) is 16.5. The molecule has 0 heterocycles. The second-order valence-electron chi connectivity index (χ2n) is 7.36. The molecule has 9 nitrogen and oxygen atoms in total. The van der Waals surface area contributed by atoms with E-state index in [4.69, 9.17) is 4.74 Å². The Kier molecular flexibility index (Phi) is 7.97. The zero-order chi connectivity index (χ0) is 25.6. The molecule has 0 saturated carbocycles. The summed E-state index contributed by atoms with van der Waals surface area (Å²) >= 11 is 0. The molecule has 0 atom stereocenters. The number of amides is 1. The molecule has 1 amide bonds. The summed E-state index contributed by atoms with van der Waals surface area (Å²) in [5, 5.41) is 2.56. The molecular formula is C23H24FN3O6S2. The number of ether oxygens (including phenoxy) is 1. The standard InChI is InChI=1S/C23H24FN3O6S2/c1-3-33-22-7-5-4-6-21(22)27(34(2,29)30)16-23(28)25-18-12-14-20(15-13-18)35(31,32)26-19-10-8-17(24)9-11-19/h4-15,26H,3,16H2,1-2H3,(H,25,28). The van der Waals surface area contributed by atoms with Crippen LogP contribution in [0.25, 0.3) is 0 Å². The van der Waals surface area contributed by atoms with E-state index >= 15 is 0 Å². The summed E-state index contributed by atoms with van der Waals surface area (Å²) in [7, 11) is -7.77. The van der Waals surface area contributed by atoms with Gasteiger partial charge in [0.25, 0.3) is 10.0 Å². The van der Waals surface area contributed by atoms with Crippen LogP contribution in [0, 0.1) is 5.82 Å². The largest absolute Gasteiger partial charge is 0.492 e. The maximum Gasteiger partial charge on any atom is 0.261 e. The van der Waals surface area contributed by atoms with Crippen LogP contribution in [0.1, 0.15) is 6.92 Å². The third-order valence-electron chi connectivity index (χ3n) is 4.67. The summed E-state index contributed by atoms with van der Waals surface area (Å²) in [5.41, 5.74) is 0.680. The van der Waals surface area contributed by atoms with Gasteiger partial charge in [0.15, 0.2) is 0 Å². The average molecular weight is 522 g/mol. The van der Waals surface area contributed by atoms with Crippen molar-refractivity contribution < 1.29 is 30.8 Å². The average Bonchev–Trinajstić information content (AvgIpc) is 2.79. The molecule has 35 heavy (non-hydrogen) atoms. The highest BCUT2D eigenvalue weighted by molar-refractivity contribution is 7.92. The van der Waals surface area contributed by atoms with Gasteiger partial charge in [-0.25, -0.2) is 21.2 Å². The van der Waals surface area contributed by atoms with Crippen molar-refractivity contribution in [2.45, 2.75) is 11.8 Å². The first-order valence-electron chi connectivity index (χ1n) is 10.4. The number of sulfonamides is 2. The number of rotatable bonds is 10. The van der Waals surface area contributed by atoms with Crippen LogP contribution in [-0.2, 0) is 24.8 Å². The summed E-state index contributed by atoms with van der Waals surface area (Å²) in [6, 6.07) is 16.6. The molecule has 0 aliphatic carbocycles. The fourth-order valence-corrected chi connectivity index (χ4v) is 5.02. The van der Waals surface area contributed by atoms with Crippen molar-refractivity contribution in [3.05, 3.63) is 78.6 Å². The minimum atomic E-state index is -3.94. The van der Waals surface area contributed by atoms with E-state index in [9.17, 15) is 26.0 Å². The molecule has 12 heteroatoms. The smallest absolute Gasteiger partial charge is 0.261 e. The highest BCUT2D eigenvalue weighted by Gasteiger charge is 2.24. The van der Waals surface area contributed by atoms with E-state index in [-0.39, 0.29) is 22.0 Å². The van der Waals surface area contributed by atoms with Gasteiger partial charge in [-0.2, -0.15) is 0 Å². The summed E-state index contributed by atoms with van der Waals surface area (Å²) < 4.78 is 71.7. The highest BCUT2D eigenvalue weighted by atomic mass is 32.2. The molecule has 0 spiro atoms. The number of benzene rings is 3. The summed E-state index contributed by atoms with van der Waals surface area (Å²) in [4.78, 5) is 12.6. The molecular weight excluding hydrogens is 497 g/mol. The van der Waals surface area contributed by atoms with Gasteiger partial charge < -0.3 is 10.1 Å². The van der Waals surface area contributed by atoms with E-state index in [1.807, 2.05) is 0 Å². The number of para-hydroxylation sites is 2. The normalized spacial score (nSPS) is 11.5. The molecule has 0 aliphatic rings. The second kappa shape index (κ2) is 10.7. The SMILES string of the molecule is CCOc1ccccc1N(CC(=O)Nc1ccc(S(=O)(=O)Nc2ccc(F)cc2)cc1)S(C)(=O)=O. The number of nitrogens with one attached hydrogen (secondary N) is 2. The molecule has 3 aromatic carbocycles. The lowest BCUT2D eigenvalue weighted by Gasteiger charge is -2.24. The van der Waals surface area contributed by atoms with E-state index in [0.29, 0.717) is 12.4 Å². The van der Waals surface area contributed by atoms with Crippen molar-refractivity contribution >= 4 is 43.0 Å². The van der Waals surface area contributed by atoms with Gasteiger partial charge >= 0.3 is 0 Å². The topological polar surface area (TPSA) is 122 Å². The van der Waals surface area contributed by atoms with Gasteiger partial charge in [0.05, 0.1) is 23.4 Å². The Morgan fingerprint density at radius 1 is 0.914 bits per heavy atom. The van der Waals surface area contributed by atoms with Crippen LogP contribution in [0.2, 0.25) is 0 Å². The lowest BCUT2D eigenvalue weighted by Crippen LogP contribution is -2.37. The first kappa shape index (κ1) is 26.0. The van der Waals surface area contributed by atoms with Gasteiger partial charge in [-0.3, -0.25) is 13.8 Å². The van der Waals surface area contributed by atoms with Crippen molar-refractivity contribution in [2.24, 2.45) is 0 Å². The molecule has 2 N–H and O–H groups in total. The van der Waals surface area contributed by atoms with Crippen LogP contribution >= 0.6 is 0 Å². The van der Waals surface area contributed by atoms with Crippen LogP contribution in [-0.4, -0.2) is 42.2 Å². The molecule has 3 rings (SSSR count). The van der Waals surface area contributed by atoms with Crippen molar-refractivity contribution in [1.82, 2.24) is 0 Å². The Morgan fingerprint density at radius 2 is 1.51 bits per heavy atom. The van der Waals surface area contributed by atoms with Gasteiger partial charge in [-0.05, 0) is 67.6 Å². The fourth-order valence-electron chi connectivity index (χ4n) is 3.10. The van der Waals surface area contributed by atoms with Crippen LogP contribution in [0.3, 0.4) is 0 Å². The van der Waals surface area contributed by atoms with E-state index in [2.05, 4.69) is 10.0 Å². The van der Waals surface area contributed by atoms with Crippen molar-refractivity contribution in [3.8, 4) is 5.75 Å². The number of hydrogen-bond acceptors (Lipinski definition) is 6. The van der Waals surface area contributed by atoms with E-state index < -0.39 is 38.3 Å². The lowest BCUT2D eigenvalue weighted by molar-refractivity contribution is -0.114. The Balaban J connectivity index is 1.73. The maximum absolute atomic E-state index is 13.0. The number of halogens is 1. The first-order valence-corrected chi connectivity index (χ1v) is 13.7. The second-order valence-corrected chi connectivity index (χ2v) is 10.9. The van der Waals surface area contributed by atoms with Gasteiger partial charge in [-0.15, -0.1) is 0 Å². The Morgan fingerprint density at radius 3 is 2.11 bits per heavy atom. The molecule has 0 aromatic heterocycles. The number of carbonyl (C=O) groups is 1. The minimum absolute atomic E-state index is 0.0803. The van der Waals surface area contributed by atoms with Gasteiger partial charge in [0, 0.05) is 11.4 Å². The van der Waals surface area contributed by atoms with Crippen LogP contribution in [0.15, 0.2) is 77.7 Å². The van der Waals surface area contributed by atoms with E-state index in [1.54, 1.807) is 25.1 Å². The molecule has 3 aromatic rings. The number of anilines is 3. The third-order valence-corrected chi connectivity index (χ3v) is 7.19. The number of hydrogen-bond donors (Lipinski definition) is 2.